The molecule has 2 heterocycles. The number of nitrogens with two attached hydrogens (primary N) is 1. The molecule has 2 aromatic rings. The molecule has 0 atom stereocenters. The smallest absolute Gasteiger partial charge is 0.307 e. The van der Waals surface area contributed by atoms with Gasteiger partial charge in [-0.25, -0.2) is 15.0 Å². The van der Waals surface area contributed by atoms with E-state index in [4.69, 9.17) is 5.73 Å². The van der Waals surface area contributed by atoms with E-state index in [1.54, 1.807) is 10.9 Å². The molecule has 84 valence electrons. The molecule has 7 nitrogen and oxygen atoms in total. The zero-order valence-electron chi connectivity index (χ0n) is 8.75. The number of carbonyl (C=O) groups excluding carboxylic acids is 1. The lowest BCUT2D eigenvalue weighted by Crippen LogP contribution is -2.06. The molecule has 0 saturated heterocycles. The van der Waals surface area contributed by atoms with E-state index in [9.17, 15) is 4.79 Å². The molecule has 0 fully saturated rings. The van der Waals surface area contributed by atoms with Crippen LogP contribution >= 0.6 is 0 Å². The second kappa shape index (κ2) is 4.13. The summed E-state index contributed by atoms with van der Waals surface area (Å²) in [6.45, 7) is 0.458. The third-order valence-corrected chi connectivity index (χ3v) is 2.21. The Morgan fingerprint density at radius 2 is 2.31 bits per heavy atom. The van der Waals surface area contributed by atoms with Crippen LogP contribution in [0.5, 0.6) is 0 Å². The summed E-state index contributed by atoms with van der Waals surface area (Å²) in [7, 11) is 1.36. The lowest BCUT2D eigenvalue weighted by molar-refractivity contribution is -0.140. The Bertz CT molecular complexity index is 522. The second-order valence-corrected chi connectivity index (χ2v) is 3.20. The third kappa shape index (κ3) is 1.79. The molecule has 0 amide bonds. The number of nitrogen functional groups attached to an aromatic ring is 1. The normalized spacial score (nSPS) is 10.6. The summed E-state index contributed by atoms with van der Waals surface area (Å²) < 4.78 is 6.29. The zero-order chi connectivity index (χ0) is 11.5. The summed E-state index contributed by atoms with van der Waals surface area (Å²) in [5.41, 5.74) is 6.80. The van der Waals surface area contributed by atoms with Crippen molar-refractivity contribution in [2.75, 3.05) is 12.8 Å². The fourth-order valence-corrected chi connectivity index (χ4v) is 1.38. The molecular formula is C9H11N5O2. The van der Waals surface area contributed by atoms with Gasteiger partial charge in [0.1, 0.15) is 11.8 Å². The van der Waals surface area contributed by atoms with Gasteiger partial charge in [-0.1, -0.05) is 0 Å². The first-order chi connectivity index (χ1) is 7.72. The van der Waals surface area contributed by atoms with E-state index in [1.807, 2.05) is 0 Å². The van der Waals surface area contributed by atoms with Crippen molar-refractivity contribution in [1.29, 1.82) is 0 Å². The fourth-order valence-electron chi connectivity index (χ4n) is 1.38. The Kier molecular flexibility index (Phi) is 2.67. The molecule has 2 aromatic heterocycles. The van der Waals surface area contributed by atoms with E-state index in [0.29, 0.717) is 23.5 Å². The molecule has 2 rings (SSSR count). The van der Waals surface area contributed by atoms with Crippen LogP contribution in [0.1, 0.15) is 6.42 Å². The number of methoxy groups -OCH3 is 1. The number of hydrogen-bond donors (Lipinski definition) is 1. The maximum absolute atomic E-state index is 11.0. The minimum absolute atomic E-state index is 0.270. The molecule has 0 aliphatic rings. The molecule has 0 bridgehead atoms. The highest BCUT2D eigenvalue weighted by Crippen LogP contribution is 2.14. The van der Waals surface area contributed by atoms with Crippen LogP contribution in [0.4, 0.5) is 5.82 Å². The van der Waals surface area contributed by atoms with E-state index in [0.717, 1.165) is 0 Å². The van der Waals surface area contributed by atoms with Crippen molar-refractivity contribution in [3.05, 3.63) is 12.7 Å². The lowest BCUT2D eigenvalue weighted by Gasteiger charge is -2.02. The number of imidazole rings is 1. The van der Waals surface area contributed by atoms with Crippen molar-refractivity contribution in [2.45, 2.75) is 13.0 Å². The van der Waals surface area contributed by atoms with Crippen LogP contribution in [-0.4, -0.2) is 32.6 Å². The Hall–Kier alpha value is -2.18. The maximum atomic E-state index is 11.0. The third-order valence-electron chi connectivity index (χ3n) is 2.21. The Balaban J connectivity index is 2.25. The summed E-state index contributed by atoms with van der Waals surface area (Å²) in [5.74, 6) is 0.0608. The van der Waals surface area contributed by atoms with Gasteiger partial charge in [0.15, 0.2) is 11.5 Å². The average molecular weight is 221 g/mol. The van der Waals surface area contributed by atoms with Crippen LogP contribution in [0.2, 0.25) is 0 Å². The van der Waals surface area contributed by atoms with Gasteiger partial charge in [0.05, 0.1) is 19.9 Å². The van der Waals surface area contributed by atoms with Gasteiger partial charge in [-0.3, -0.25) is 4.79 Å². The fraction of sp³-hybridized carbons (Fsp3) is 0.333. The SMILES string of the molecule is COC(=O)CCn1cnc2c(N)ncnc21. The molecule has 7 heteroatoms. The topological polar surface area (TPSA) is 95.9 Å². The predicted molar refractivity (Wildman–Crippen MR) is 56.4 cm³/mol. The Labute approximate surface area is 91.3 Å². The van der Waals surface area contributed by atoms with Gasteiger partial charge in [0.25, 0.3) is 0 Å². The van der Waals surface area contributed by atoms with Gasteiger partial charge in [-0.05, 0) is 0 Å². The van der Waals surface area contributed by atoms with Crippen molar-refractivity contribution < 1.29 is 9.53 Å². The van der Waals surface area contributed by atoms with E-state index in [-0.39, 0.29) is 12.4 Å². The summed E-state index contributed by atoms with van der Waals surface area (Å²) >= 11 is 0. The standard InChI is InChI=1S/C9H11N5O2/c1-16-6(15)2-3-14-5-13-7-8(10)11-4-12-9(7)14/h4-5H,2-3H2,1H3,(H2,10,11,12). The van der Waals surface area contributed by atoms with Crippen LogP contribution in [0.15, 0.2) is 12.7 Å². The second-order valence-electron chi connectivity index (χ2n) is 3.20. The molecule has 0 aliphatic carbocycles. The quantitative estimate of drug-likeness (QED) is 0.731. The molecule has 0 spiro atoms. The number of anilines is 1. The summed E-state index contributed by atoms with van der Waals surface area (Å²) in [5, 5.41) is 0. The van der Waals surface area contributed by atoms with Crippen LogP contribution < -0.4 is 5.73 Å². The van der Waals surface area contributed by atoms with Crippen molar-refractivity contribution in [3.63, 3.8) is 0 Å². The van der Waals surface area contributed by atoms with E-state index < -0.39 is 0 Å². The van der Waals surface area contributed by atoms with Gasteiger partial charge >= 0.3 is 5.97 Å². The molecule has 0 unspecified atom stereocenters. The monoisotopic (exact) mass is 221 g/mol. The summed E-state index contributed by atoms with van der Waals surface area (Å²) in [6.07, 6.45) is 3.22. The maximum Gasteiger partial charge on any atom is 0.307 e. The first kappa shape index (κ1) is 10.3. The highest BCUT2D eigenvalue weighted by molar-refractivity contribution is 5.81. The summed E-state index contributed by atoms with van der Waals surface area (Å²) in [6, 6.07) is 0. The zero-order valence-corrected chi connectivity index (χ0v) is 8.75. The molecule has 0 aliphatic heterocycles. The number of hydrogen-bond acceptors (Lipinski definition) is 6. The van der Waals surface area contributed by atoms with Crippen molar-refractivity contribution in [3.8, 4) is 0 Å². The lowest BCUT2D eigenvalue weighted by atomic mass is 10.4. The highest BCUT2D eigenvalue weighted by Gasteiger charge is 2.08. The first-order valence-corrected chi connectivity index (χ1v) is 4.70. The number of esters is 1. The van der Waals surface area contributed by atoms with Gasteiger partial charge in [-0.15, -0.1) is 0 Å². The minimum atomic E-state index is -0.274. The van der Waals surface area contributed by atoms with Crippen molar-refractivity contribution in [2.24, 2.45) is 0 Å². The number of aromatic nitrogens is 4. The van der Waals surface area contributed by atoms with E-state index >= 15 is 0 Å². The molecule has 0 aromatic carbocycles. The van der Waals surface area contributed by atoms with Crippen LogP contribution in [0.25, 0.3) is 11.2 Å². The number of ether oxygens (including phenoxy) is 1. The number of rotatable bonds is 3. The first-order valence-electron chi connectivity index (χ1n) is 4.70. The van der Waals surface area contributed by atoms with Crippen molar-refractivity contribution in [1.82, 2.24) is 19.5 Å². The molecule has 2 N–H and O–H groups in total. The minimum Gasteiger partial charge on any atom is -0.469 e. The van der Waals surface area contributed by atoms with Crippen molar-refractivity contribution >= 4 is 23.0 Å². The van der Waals surface area contributed by atoms with Crippen LogP contribution in [0, 0.1) is 0 Å². The molecule has 0 saturated carbocycles. The van der Waals surface area contributed by atoms with Gasteiger partial charge in [-0.2, -0.15) is 0 Å². The number of aryl methyl sites for hydroxylation is 1. The largest absolute Gasteiger partial charge is 0.469 e. The summed E-state index contributed by atoms with van der Waals surface area (Å²) in [4.78, 5) is 23.0. The Morgan fingerprint density at radius 1 is 1.50 bits per heavy atom. The predicted octanol–water partition coefficient (Wildman–Crippen LogP) is -0.0284. The highest BCUT2D eigenvalue weighted by atomic mass is 16.5. The molecular weight excluding hydrogens is 210 g/mol. The number of fused-ring (bicyclic) bond motifs is 1. The van der Waals surface area contributed by atoms with Gasteiger partial charge in [0, 0.05) is 6.54 Å². The van der Waals surface area contributed by atoms with Gasteiger partial charge in [0.2, 0.25) is 0 Å². The van der Waals surface area contributed by atoms with Crippen LogP contribution in [-0.2, 0) is 16.1 Å². The van der Waals surface area contributed by atoms with E-state index in [2.05, 4.69) is 19.7 Å². The average Bonchev–Trinajstić information content (AvgIpc) is 2.70. The van der Waals surface area contributed by atoms with Crippen LogP contribution in [0.3, 0.4) is 0 Å². The molecule has 0 radical (unpaired) electrons. The number of carbonyl (C=O) groups is 1. The molecule has 16 heavy (non-hydrogen) atoms. The van der Waals surface area contributed by atoms with E-state index in [1.165, 1.54) is 13.4 Å². The Morgan fingerprint density at radius 3 is 3.06 bits per heavy atom. The number of nitrogens with zero attached hydrogens (tertiary/aromatic N) is 4. The van der Waals surface area contributed by atoms with Gasteiger partial charge < -0.3 is 15.0 Å².